The maximum atomic E-state index is 11.9. The van der Waals surface area contributed by atoms with Crippen molar-refractivity contribution in [1.82, 2.24) is 10.2 Å². The Bertz CT molecular complexity index is 531. The van der Waals surface area contributed by atoms with Gasteiger partial charge in [-0.05, 0) is 31.0 Å². The molecule has 6 nitrogen and oxygen atoms in total. The molecule has 1 aromatic rings. The van der Waals surface area contributed by atoms with E-state index in [1.807, 2.05) is 4.90 Å². The van der Waals surface area contributed by atoms with Crippen molar-refractivity contribution in [2.45, 2.75) is 18.9 Å². The van der Waals surface area contributed by atoms with E-state index in [4.69, 9.17) is 22.1 Å². The van der Waals surface area contributed by atoms with Crippen LogP contribution in [0.3, 0.4) is 0 Å². The molecule has 2 amide bonds. The maximum absolute atomic E-state index is 11.9. The SMILES string of the molecule is NC(=O)CN1CCC(NC(=O)COc2cccc(Cl)c2)CC1. The summed E-state index contributed by atoms with van der Waals surface area (Å²) in [6.07, 6.45) is 1.60. The summed E-state index contributed by atoms with van der Waals surface area (Å²) in [6.45, 7) is 1.74. The van der Waals surface area contributed by atoms with Gasteiger partial charge in [0.15, 0.2) is 6.61 Å². The number of nitrogens with zero attached hydrogens (tertiary/aromatic N) is 1. The fraction of sp³-hybridized carbons (Fsp3) is 0.467. The van der Waals surface area contributed by atoms with E-state index in [9.17, 15) is 9.59 Å². The molecule has 0 aromatic heterocycles. The molecule has 1 saturated heterocycles. The first-order valence-electron chi connectivity index (χ1n) is 7.21. The van der Waals surface area contributed by atoms with Gasteiger partial charge in [0.25, 0.3) is 5.91 Å². The number of hydrogen-bond donors (Lipinski definition) is 2. The van der Waals surface area contributed by atoms with Gasteiger partial charge in [-0.15, -0.1) is 0 Å². The summed E-state index contributed by atoms with van der Waals surface area (Å²) < 4.78 is 5.40. The molecular formula is C15H20ClN3O3. The molecule has 0 bridgehead atoms. The van der Waals surface area contributed by atoms with Gasteiger partial charge in [-0.1, -0.05) is 17.7 Å². The van der Waals surface area contributed by atoms with Crippen LogP contribution < -0.4 is 15.8 Å². The van der Waals surface area contributed by atoms with Crippen LogP contribution in [0.4, 0.5) is 0 Å². The van der Waals surface area contributed by atoms with Crippen LogP contribution in [0.1, 0.15) is 12.8 Å². The number of amides is 2. The number of benzene rings is 1. The minimum absolute atomic E-state index is 0.0398. The van der Waals surface area contributed by atoms with Gasteiger partial charge in [0.1, 0.15) is 5.75 Å². The fourth-order valence-corrected chi connectivity index (χ4v) is 2.61. The Morgan fingerprint density at radius 3 is 2.73 bits per heavy atom. The lowest BCUT2D eigenvalue weighted by molar-refractivity contribution is -0.124. The Morgan fingerprint density at radius 1 is 1.36 bits per heavy atom. The summed E-state index contributed by atoms with van der Waals surface area (Å²) in [6, 6.07) is 7.04. The number of piperidine rings is 1. The summed E-state index contributed by atoms with van der Waals surface area (Å²) in [5.41, 5.74) is 5.17. The number of carbonyl (C=O) groups is 2. The Morgan fingerprint density at radius 2 is 2.09 bits per heavy atom. The van der Waals surface area contributed by atoms with Crippen LogP contribution in [0, 0.1) is 0 Å². The van der Waals surface area contributed by atoms with E-state index in [1.165, 1.54) is 0 Å². The Kier molecular flexibility index (Phi) is 6.03. The van der Waals surface area contributed by atoms with Crippen molar-refractivity contribution in [2.75, 3.05) is 26.2 Å². The molecule has 0 saturated carbocycles. The largest absolute Gasteiger partial charge is 0.484 e. The van der Waals surface area contributed by atoms with Crippen LogP contribution in [-0.2, 0) is 9.59 Å². The Labute approximate surface area is 134 Å². The second-order valence-electron chi connectivity index (χ2n) is 5.33. The van der Waals surface area contributed by atoms with E-state index in [0.717, 1.165) is 25.9 Å². The molecule has 1 fully saturated rings. The van der Waals surface area contributed by atoms with Crippen LogP contribution in [-0.4, -0.2) is 49.0 Å². The van der Waals surface area contributed by atoms with Gasteiger partial charge >= 0.3 is 0 Å². The molecule has 0 spiro atoms. The van der Waals surface area contributed by atoms with Gasteiger partial charge in [-0.3, -0.25) is 14.5 Å². The molecule has 0 atom stereocenters. The zero-order valence-corrected chi connectivity index (χ0v) is 13.0. The molecule has 120 valence electrons. The maximum Gasteiger partial charge on any atom is 0.258 e. The average Bonchev–Trinajstić information content (AvgIpc) is 2.47. The fourth-order valence-electron chi connectivity index (χ4n) is 2.43. The number of ether oxygens (including phenoxy) is 1. The molecule has 2 rings (SSSR count). The summed E-state index contributed by atoms with van der Waals surface area (Å²) in [7, 11) is 0. The predicted octanol–water partition coefficient (Wildman–Crippen LogP) is 0.785. The van der Waals surface area contributed by atoms with Gasteiger partial charge < -0.3 is 15.8 Å². The number of carbonyl (C=O) groups excluding carboxylic acids is 2. The highest BCUT2D eigenvalue weighted by atomic mass is 35.5. The summed E-state index contributed by atoms with van der Waals surface area (Å²) >= 11 is 5.85. The van der Waals surface area contributed by atoms with Crippen molar-refractivity contribution >= 4 is 23.4 Å². The van der Waals surface area contributed by atoms with E-state index in [-0.39, 0.29) is 31.0 Å². The van der Waals surface area contributed by atoms with E-state index in [0.29, 0.717) is 10.8 Å². The van der Waals surface area contributed by atoms with E-state index < -0.39 is 0 Å². The van der Waals surface area contributed by atoms with Gasteiger partial charge in [0.2, 0.25) is 5.91 Å². The summed E-state index contributed by atoms with van der Waals surface area (Å²) in [5, 5.41) is 3.51. The molecular weight excluding hydrogens is 306 g/mol. The summed E-state index contributed by atoms with van der Waals surface area (Å²) in [5.74, 6) is 0.0876. The van der Waals surface area contributed by atoms with Crippen LogP contribution >= 0.6 is 11.6 Å². The first-order valence-corrected chi connectivity index (χ1v) is 7.59. The Hall–Kier alpha value is -1.79. The standard InChI is InChI=1S/C15H20ClN3O3/c16-11-2-1-3-13(8-11)22-10-15(21)18-12-4-6-19(7-5-12)9-14(17)20/h1-3,8,12H,4-7,9-10H2,(H2,17,20)(H,18,21). The zero-order valence-electron chi connectivity index (χ0n) is 12.3. The molecule has 1 aliphatic heterocycles. The third kappa shape index (κ3) is 5.54. The van der Waals surface area contributed by atoms with Crippen molar-refractivity contribution in [3.63, 3.8) is 0 Å². The first kappa shape index (κ1) is 16.6. The number of nitrogens with one attached hydrogen (secondary N) is 1. The number of nitrogens with two attached hydrogens (primary N) is 1. The van der Waals surface area contributed by atoms with Crippen LogP contribution in [0.2, 0.25) is 5.02 Å². The minimum atomic E-state index is -0.322. The first-order chi connectivity index (χ1) is 10.5. The smallest absolute Gasteiger partial charge is 0.258 e. The molecule has 7 heteroatoms. The van der Waals surface area contributed by atoms with Crippen molar-refractivity contribution < 1.29 is 14.3 Å². The third-order valence-corrected chi connectivity index (χ3v) is 3.73. The van der Waals surface area contributed by atoms with Gasteiger partial charge in [0.05, 0.1) is 6.54 Å². The molecule has 1 aliphatic rings. The van der Waals surface area contributed by atoms with Gasteiger partial charge in [-0.25, -0.2) is 0 Å². The van der Waals surface area contributed by atoms with Crippen LogP contribution in [0.15, 0.2) is 24.3 Å². The number of halogens is 1. The number of rotatable bonds is 6. The highest BCUT2D eigenvalue weighted by Gasteiger charge is 2.21. The van der Waals surface area contributed by atoms with Crippen molar-refractivity contribution in [2.24, 2.45) is 5.73 Å². The Balaban J connectivity index is 1.69. The zero-order chi connectivity index (χ0) is 15.9. The highest BCUT2D eigenvalue weighted by molar-refractivity contribution is 6.30. The van der Waals surface area contributed by atoms with E-state index >= 15 is 0 Å². The third-order valence-electron chi connectivity index (χ3n) is 3.50. The topological polar surface area (TPSA) is 84.7 Å². The number of likely N-dealkylation sites (tertiary alicyclic amines) is 1. The molecule has 0 unspecified atom stereocenters. The van der Waals surface area contributed by atoms with Gasteiger partial charge in [0, 0.05) is 24.2 Å². The summed E-state index contributed by atoms with van der Waals surface area (Å²) in [4.78, 5) is 24.7. The lowest BCUT2D eigenvalue weighted by Crippen LogP contribution is -2.47. The average molecular weight is 326 g/mol. The minimum Gasteiger partial charge on any atom is -0.484 e. The quantitative estimate of drug-likeness (QED) is 0.809. The van der Waals surface area contributed by atoms with E-state index in [2.05, 4.69) is 5.32 Å². The second-order valence-corrected chi connectivity index (χ2v) is 5.77. The number of primary amides is 1. The van der Waals surface area contributed by atoms with Crippen molar-refractivity contribution in [1.29, 1.82) is 0 Å². The monoisotopic (exact) mass is 325 g/mol. The van der Waals surface area contributed by atoms with Crippen LogP contribution in [0.25, 0.3) is 0 Å². The predicted molar refractivity (Wildman–Crippen MR) is 83.7 cm³/mol. The lowest BCUT2D eigenvalue weighted by Gasteiger charge is -2.31. The highest BCUT2D eigenvalue weighted by Crippen LogP contribution is 2.17. The van der Waals surface area contributed by atoms with Gasteiger partial charge in [-0.2, -0.15) is 0 Å². The van der Waals surface area contributed by atoms with E-state index in [1.54, 1.807) is 24.3 Å². The van der Waals surface area contributed by atoms with Crippen molar-refractivity contribution in [3.05, 3.63) is 29.3 Å². The lowest BCUT2D eigenvalue weighted by atomic mass is 10.1. The second kappa shape index (κ2) is 8.00. The molecule has 3 N–H and O–H groups in total. The molecule has 0 radical (unpaired) electrons. The molecule has 22 heavy (non-hydrogen) atoms. The van der Waals surface area contributed by atoms with Crippen molar-refractivity contribution in [3.8, 4) is 5.75 Å². The molecule has 0 aliphatic carbocycles. The van der Waals surface area contributed by atoms with Crippen LogP contribution in [0.5, 0.6) is 5.75 Å². The molecule has 1 heterocycles. The normalized spacial score (nSPS) is 16.2. The molecule has 1 aromatic carbocycles. The number of hydrogen-bond acceptors (Lipinski definition) is 4.